The number of aromatic nitrogens is 3. The van der Waals surface area contributed by atoms with Crippen molar-refractivity contribution in [2.45, 2.75) is 13.8 Å². The molecule has 0 spiro atoms. The topological polar surface area (TPSA) is 59.8 Å². The van der Waals surface area contributed by atoms with Crippen molar-refractivity contribution < 1.29 is 26.7 Å². The second-order valence-corrected chi connectivity index (χ2v) is 7.14. The zero-order valence-corrected chi connectivity index (χ0v) is 17.0. The van der Waals surface area contributed by atoms with Gasteiger partial charge in [-0.25, -0.2) is 26.9 Å². The minimum Gasteiger partial charge on any atom is -0.317 e. The molecule has 0 atom stereocenters. The van der Waals surface area contributed by atoms with E-state index in [4.69, 9.17) is 0 Å². The Labute approximate surface area is 178 Å². The van der Waals surface area contributed by atoms with E-state index in [2.05, 4.69) is 10.1 Å². The maximum atomic E-state index is 14.1. The Morgan fingerprint density at radius 1 is 0.938 bits per heavy atom. The number of para-hydroxylation sites is 1. The van der Waals surface area contributed by atoms with Gasteiger partial charge in [-0.3, -0.25) is 9.48 Å². The normalized spacial score (nSPS) is 11.2. The van der Waals surface area contributed by atoms with Gasteiger partial charge in [0.05, 0.1) is 22.5 Å². The van der Waals surface area contributed by atoms with Gasteiger partial charge in [-0.05, 0) is 26.0 Å². The third-order valence-corrected chi connectivity index (χ3v) is 5.17. The summed E-state index contributed by atoms with van der Waals surface area (Å²) in [4.78, 5) is 17.5. The lowest BCUT2D eigenvalue weighted by Gasteiger charge is -2.13. The van der Waals surface area contributed by atoms with E-state index in [1.165, 1.54) is 6.07 Å². The van der Waals surface area contributed by atoms with Crippen molar-refractivity contribution >= 4 is 22.5 Å². The van der Waals surface area contributed by atoms with Crippen LogP contribution >= 0.6 is 0 Å². The Bertz CT molecular complexity index is 1380. The summed E-state index contributed by atoms with van der Waals surface area (Å²) in [7, 11) is 1.74. The van der Waals surface area contributed by atoms with E-state index in [9.17, 15) is 26.7 Å². The molecule has 2 aromatic heterocycles. The lowest BCUT2D eigenvalue weighted by Crippen LogP contribution is -2.17. The van der Waals surface area contributed by atoms with Crippen LogP contribution in [0.2, 0.25) is 0 Å². The molecule has 32 heavy (non-hydrogen) atoms. The number of carbonyl (C=O) groups is 1. The maximum absolute atomic E-state index is 14.1. The van der Waals surface area contributed by atoms with Crippen molar-refractivity contribution in [2.75, 3.05) is 5.32 Å². The first-order valence-corrected chi connectivity index (χ1v) is 9.35. The average molecular weight is 446 g/mol. The van der Waals surface area contributed by atoms with Crippen LogP contribution in [0, 0.1) is 42.9 Å². The highest BCUT2D eigenvalue weighted by atomic mass is 19.2. The smallest absolute Gasteiger partial charge is 0.256 e. The Balaban J connectivity index is 1.89. The van der Waals surface area contributed by atoms with Crippen molar-refractivity contribution in [1.29, 1.82) is 0 Å². The van der Waals surface area contributed by atoms with Crippen LogP contribution in [0.1, 0.15) is 21.7 Å². The summed E-state index contributed by atoms with van der Waals surface area (Å²) in [6.45, 7) is 3.56. The van der Waals surface area contributed by atoms with E-state index >= 15 is 0 Å². The molecule has 2 aromatic carbocycles. The van der Waals surface area contributed by atoms with E-state index in [-0.39, 0.29) is 5.56 Å². The number of pyridine rings is 1. The number of amides is 1. The Morgan fingerprint density at radius 2 is 1.53 bits per heavy atom. The van der Waals surface area contributed by atoms with Gasteiger partial charge in [-0.1, -0.05) is 18.2 Å². The minimum absolute atomic E-state index is 0.0582. The summed E-state index contributed by atoms with van der Waals surface area (Å²) in [5.74, 6) is -11.9. The number of anilines is 1. The fourth-order valence-electron chi connectivity index (χ4n) is 3.53. The zero-order chi connectivity index (χ0) is 23.3. The number of nitrogens with one attached hydrogen (secondary N) is 1. The quantitative estimate of drug-likeness (QED) is 0.267. The number of fused-ring (bicyclic) bond motifs is 1. The van der Waals surface area contributed by atoms with Gasteiger partial charge in [-0.2, -0.15) is 5.10 Å². The summed E-state index contributed by atoms with van der Waals surface area (Å²) in [6, 6.07) is 7.89. The molecule has 4 aromatic rings. The number of halogens is 5. The van der Waals surface area contributed by atoms with E-state index in [1.807, 2.05) is 5.32 Å². The highest BCUT2D eigenvalue weighted by Gasteiger charge is 2.28. The van der Waals surface area contributed by atoms with Crippen molar-refractivity contribution in [3.8, 4) is 11.3 Å². The van der Waals surface area contributed by atoms with Gasteiger partial charge in [-0.15, -0.1) is 0 Å². The molecular weight excluding hydrogens is 431 g/mol. The molecule has 0 radical (unpaired) electrons. The Morgan fingerprint density at radius 3 is 2.12 bits per heavy atom. The van der Waals surface area contributed by atoms with Crippen LogP contribution in [0.5, 0.6) is 0 Å². The van der Waals surface area contributed by atoms with Gasteiger partial charge < -0.3 is 5.32 Å². The molecular formula is C22H15F5N4O. The minimum atomic E-state index is -2.31. The summed E-state index contributed by atoms with van der Waals surface area (Å²) in [5.41, 5.74) is 1.34. The molecule has 0 bridgehead atoms. The number of benzene rings is 2. The zero-order valence-electron chi connectivity index (χ0n) is 17.0. The van der Waals surface area contributed by atoms with Crippen LogP contribution in [0.4, 0.5) is 27.6 Å². The Kier molecular flexibility index (Phi) is 5.15. The van der Waals surface area contributed by atoms with Crippen molar-refractivity contribution in [2.24, 2.45) is 7.05 Å². The number of rotatable bonds is 3. The second-order valence-electron chi connectivity index (χ2n) is 7.14. The van der Waals surface area contributed by atoms with Crippen molar-refractivity contribution in [3.05, 3.63) is 76.4 Å². The van der Waals surface area contributed by atoms with Crippen LogP contribution in [0.3, 0.4) is 0 Å². The molecule has 0 saturated heterocycles. The third kappa shape index (κ3) is 3.28. The summed E-state index contributed by atoms with van der Waals surface area (Å²) < 4.78 is 70.2. The lowest BCUT2D eigenvalue weighted by atomic mass is 10.0. The predicted octanol–water partition coefficient (Wildman–Crippen LogP) is 5.20. The first-order valence-electron chi connectivity index (χ1n) is 9.35. The van der Waals surface area contributed by atoms with E-state index in [0.717, 1.165) is 5.69 Å². The highest BCUT2D eigenvalue weighted by Crippen LogP contribution is 2.31. The molecule has 0 aliphatic heterocycles. The number of carbonyl (C=O) groups excluding carboxylic acids is 1. The molecule has 2 heterocycles. The Hall–Kier alpha value is -3.82. The molecule has 4 rings (SSSR count). The molecule has 0 aliphatic carbocycles. The third-order valence-electron chi connectivity index (χ3n) is 5.17. The van der Waals surface area contributed by atoms with E-state index in [0.29, 0.717) is 27.9 Å². The van der Waals surface area contributed by atoms with Crippen LogP contribution < -0.4 is 5.32 Å². The van der Waals surface area contributed by atoms with Crippen LogP contribution in [-0.4, -0.2) is 20.7 Å². The van der Waals surface area contributed by atoms with Crippen LogP contribution in [0.25, 0.3) is 22.2 Å². The van der Waals surface area contributed by atoms with Gasteiger partial charge in [0.2, 0.25) is 5.82 Å². The average Bonchev–Trinajstić information content (AvgIpc) is 3.04. The van der Waals surface area contributed by atoms with Gasteiger partial charge in [0.15, 0.2) is 23.3 Å². The number of nitrogens with zero attached hydrogens (tertiary/aromatic N) is 3. The fourth-order valence-corrected chi connectivity index (χ4v) is 3.53. The van der Waals surface area contributed by atoms with E-state index in [1.54, 1.807) is 49.8 Å². The van der Waals surface area contributed by atoms with Crippen molar-refractivity contribution in [3.63, 3.8) is 0 Å². The fraction of sp³-hybridized carbons (Fsp3) is 0.136. The highest BCUT2D eigenvalue weighted by molar-refractivity contribution is 6.13. The number of aryl methyl sites for hydroxylation is 2. The summed E-state index contributed by atoms with van der Waals surface area (Å²) >= 11 is 0. The van der Waals surface area contributed by atoms with Crippen molar-refractivity contribution in [1.82, 2.24) is 14.8 Å². The SMILES string of the molecule is Cc1nn(C)c(C)c1-c1cc(C(=O)Nc2c(F)c(F)c(F)c(F)c2F)c2ccccc2n1. The summed E-state index contributed by atoms with van der Waals surface area (Å²) in [6.07, 6.45) is 0. The number of hydrogen-bond donors (Lipinski definition) is 1. The predicted molar refractivity (Wildman–Crippen MR) is 108 cm³/mol. The lowest BCUT2D eigenvalue weighted by molar-refractivity contribution is 0.102. The monoisotopic (exact) mass is 446 g/mol. The van der Waals surface area contributed by atoms with Gasteiger partial charge in [0.25, 0.3) is 5.91 Å². The van der Waals surface area contributed by atoms with Gasteiger partial charge in [0, 0.05) is 23.7 Å². The van der Waals surface area contributed by atoms with Gasteiger partial charge in [0.1, 0.15) is 5.69 Å². The first-order chi connectivity index (χ1) is 15.1. The maximum Gasteiger partial charge on any atom is 0.256 e. The molecule has 0 saturated carbocycles. The first kappa shape index (κ1) is 21.4. The number of hydrogen-bond acceptors (Lipinski definition) is 3. The molecule has 1 amide bonds. The van der Waals surface area contributed by atoms with Gasteiger partial charge >= 0.3 is 0 Å². The summed E-state index contributed by atoms with van der Waals surface area (Å²) in [5, 5.41) is 6.47. The van der Waals surface area contributed by atoms with Crippen LogP contribution in [0.15, 0.2) is 30.3 Å². The molecule has 0 unspecified atom stereocenters. The molecule has 5 nitrogen and oxygen atoms in total. The molecule has 0 aliphatic rings. The van der Waals surface area contributed by atoms with Crippen LogP contribution in [-0.2, 0) is 7.05 Å². The molecule has 0 fully saturated rings. The molecule has 10 heteroatoms. The second kappa shape index (κ2) is 7.70. The largest absolute Gasteiger partial charge is 0.317 e. The molecule has 1 N–H and O–H groups in total. The van der Waals surface area contributed by atoms with E-state index < -0.39 is 40.7 Å². The molecule has 164 valence electrons. The standard InChI is InChI=1S/C22H15F5N4O/c1-9-15(10(2)31(3)30-9)14-8-12(11-6-4-5-7-13(11)28-14)22(32)29-21-19(26)17(24)16(23)18(25)20(21)27/h4-8H,1-3H3,(H,29,32).